The number of aryl methyl sites for hydroxylation is 1. The number of rotatable bonds is 4. The summed E-state index contributed by atoms with van der Waals surface area (Å²) in [6.07, 6.45) is 1.66. The van der Waals surface area contributed by atoms with Crippen LogP contribution in [0, 0.1) is 6.92 Å². The summed E-state index contributed by atoms with van der Waals surface area (Å²) in [4.78, 5) is 13.0. The van der Waals surface area contributed by atoms with Gasteiger partial charge in [0.05, 0.1) is 16.8 Å². The number of aromatic nitrogens is 3. The van der Waals surface area contributed by atoms with Crippen LogP contribution in [0.2, 0.25) is 0 Å². The quantitative estimate of drug-likeness (QED) is 0.890. The summed E-state index contributed by atoms with van der Waals surface area (Å²) >= 11 is 0. The highest BCUT2D eigenvalue weighted by Gasteiger charge is 2.13. The second-order valence-electron chi connectivity index (χ2n) is 4.42. The molecule has 0 aliphatic carbocycles. The number of hydrogen-bond acceptors (Lipinski definition) is 6. The predicted octanol–water partition coefficient (Wildman–Crippen LogP) is 1.67. The maximum absolute atomic E-state index is 11.8. The zero-order valence-corrected chi connectivity index (χ0v) is 12.4. The minimum absolute atomic E-state index is 0.0868. The lowest BCUT2D eigenvalue weighted by molar-refractivity contribution is 0.684. The van der Waals surface area contributed by atoms with Crippen LogP contribution < -0.4 is 11.1 Å². The minimum Gasteiger partial charge on any atom is -0.368 e. The molecule has 7 heteroatoms. The fourth-order valence-corrected chi connectivity index (χ4v) is 2.79. The van der Waals surface area contributed by atoms with Crippen LogP contribution in [0.25, 0.3) is 0 Å². The monoisotopic (exact) mass is 291 g/mol. The van der Waals surface area contributed by atoms with Crippen molar-refractivity contribution >= 4 is 22.7 Å². The van der Waals surface area contributed by atoms with E-state index in [0.717, 1.165) is 10.5 Å². The van der Waals surface area contributed by atoms with Crippen LogP contribution in [0.15, 0.2) is 29.2 Å². The van der Waals surface area contributed by atoms with Crippen molar-refractivity contribution < 1.29 is 4.21 Å². The summed E-state index contributed by atoms with van der Waals surface area (Å²) in [5.41, 5.74) is 6.55. The average molecular weight is 291 g/mol. The molecule has 1 heterocycles. The summed E-state index contributed by atoms with van der Waals surface area (Å²) in [5, 5.41) is 3.16. The van der Waals surface area contributed by atoms with Crippen molar-refractivity contribution in [3.8, 4) is 0 Å². The molecule has 20 heavy (non-hydrogen) atoms. The van der Waals surface area contributed by atoms with Crippen molar-refractivity contribution in [2.75, 3.05) is 17.3 Å². The van der Waals surface area contributed by atoms with Crippen molar-refractivity contribution in [2.45, 2.75) is 24.8 Å². The van der Waals surface area contributed by atoms with Gasteiger partial charge >= 0.3 is 0 Å². The number of nitrogens with two attached hydrogens (primary N) is 1. The van der Waals surface area contributed by atoms with Gasteiger partial charge in [0.15, 0.2) is 0 Å². The summed E-state index contributed by atoms with van der Waals surface area (Å²) < 4.78 is 11.8. The topological polar surface area (TPSA) is 93.8 Å². The number of nitrogens with one attached hydrogen (secondary N) is 1. The first-order valence-corrected chi connectivity index (χ1v) is 7.70. The van der Waals surface area contributed by atoms with Crippen LogP contribution in [-0.2, 0) is 10.8 Å². The molecule has 2 unspecified atom stereocenters. The Bertz CT molecular complexity index is 626. The smallest absolute Gasteiger partial charge is 0.228 e. The van der Waals surface area contributed by atoms with Crippen LogP contribution in [0.3, 0.4) is 0 Å². The normalized spacial score (nSPS) is 13.8. The molecule has 6 nitrogen and oxygen atoms in total. The molecule has 0 aliphatic rings. The largest absolute Gasteiger partial charge is 0.368 e. The predicted molar refractivity (Wildman–Crippen MR) is 79.8 cm³/mol. The second kappa shape index (κ2) is 5.96. The van der Waals surface area contributed by atoms with Crippen LogP contribution in [0.4, 0.5) is 11.9 Å². The molecule has 2 atom stereocenters. The number of anilines is 2. The molecule has 1 aromatic heterocycles. The van der Waals surface area contributed by atoms with E-state index in [4.69, 9.17) is 5.73 Å². The molecular weight excluding hydrogens is 274 g/mol. The Morgan fingerprint density at radius 2 is 1.95 bits per heavy atom. The number of nitrogen functional groups attached to an aromatic ring is 1. The van der Waals surface area contributed by atoms with E-state index < -0.39 is 10.8 Å². The zero-order chi connectivity index (χ0) is 14.7. The summed E-state index contributed by atoms with van der Waals surface area (Å²) in [7, 11) is -1.05. The Balaban J connectivity index is 2.28. The molecule has 0 fully saturated rings. The lowest BCUT2D eigenvalue weighted by Gasteiger charge is -2.17. The van der Waals surface area contributed by atoms with Gasteiger partial charge < -0.3 is 11.1 Å². The minimum atomic E-state index is -1.05. The lowest BCUT2D eigenvalue weighted by atomic mass is 10.1. The second-order valence-corrected chi connectivity index (χ2v) is 5.77. The molecule has 0 bridgehead atoms. The third-order valence-electron chi connectivity index (χ3n) is 2.81. The van der Waals surface area contributed by atoms with E-state index in [1.165, 1.54) is 0 Å². The van der Waals surface area contributed by atoms with Gasteiger partial charge in [-0.05, 0) is 25.5 Å². The van der Waals surface area contributed by atoms with E-state index in [-0.39, 0.29) is 12.0 Å². The summed E-state index contributed by atoms with van der Waals surface area (Å²) in [5.74, 6) is 1.15. The molecule has 2 rings (SSSR count). The van der Waals surface area contributed by atoms with Crippen LogP contribution >= 0.6 is 0 Å². The molecular formula is C13H17N5OS. The Kier molecular flexibility index (Phi) is 4.29. The lowest BCUT2D eigenvalue weighted by Crippen LogP contribution is -2.13. The van der Waals surface area contributed by atoms with E-state index in [1.807, 2.05) is 31.2 Å². The van der Waals surface area contributed by atoms with E-state index in [2.05, 4.69) is 20.3 Å². The fourth-order valence-electron chi connectivity index (χ4n) is 1.94. The van der Waals surface area contributed by atoms with Gasteiger partial charge in [0.1, 0.15) is 5.82 Å². The van der Waals surface area contributed by atoms with Crippen molar-refractivity contribution in [1.82, 2.24) is 15.0 Å². The van der Waals surface area contributed by atoms with Gasteiger partial charge in [-0.3, -0.25) is 4.21 Å². The first kappa shape index (κ1) is 14.4. The molecule has 1 aromatic carbocycles. The Morgan fingerprint density at radius 3 is 2.60 bits per heavy atom. The van der Waals surface area contributed by atoms with Gasteiger partial charge in [0, 0.05) is 11.2 Å². The third kappa shape index (κ3) is 3.30. The molecule has 3 N–H and O–H groups in total. The molecule has 106 valence electrons. The van der Waals surface area contributed by atoms with Crippen LogP contribution in [0.5, 0.6) is 0 Å². The highest BCUT2D eigenvalue weighted by atomic mass is 32.2. The zero-order valence-electron chi connectivity index (χ0n) is 11.6. The summed E-state index contributed by atoms with van der Waals surface area (Å²) in [6.45, 7) is 3.71. The SMILES string of the molecule is Cc1nc(N)nc(NC(C)c2ccccc2S(C)=O)n1. The van der Waals surface area contributed by atoms with Crippen LogP contribution in [-0.4, -0.2) is 25.4 Å². The van der Waals surface area contributed by atoms with Gasteiger partial charge in [-0.15, -0.1) is 0 Å². The first-order chi connectivity index (χ1) is 9.47. The average Bonchev–Trinajstić information content (AvgIpc) is 2.37. The van der Waals surface area contributed by atoms with Crippen LogP contribution in [0.1, 0.15) is 24.4 Å². The highest BCUT2D eigenvalue weighted by molar-refractivity contribution is 7.84. The number of hydrogen-bond donors (Lipinski definition) is 2. The van der Waals surface area contributed by atoms with Gasteiger partial charge in [-0.1, -0.05) is 18.2 Å². The van der Waals surface area contributed by atoms with Crippen molar-refractivity contribution in [1.29, 1.82) is 0 Å². The van der Waals surface area contributed by atoms with Gasteiger partial charge in [0.2, 0.25) is 11.9 Å². The maximum Gasteiger partial charge on any atom is 0.228 e. The van der Waals surface area contributed by atoms with Gasteiger partial charge in [-0.25, -0.2) is 0 Å². The standard InChI is InChI=1S/C13H17N5OS/c1-8(10-6-4-5-7-11(10)20(3)19)15-13-17-9(2)16-12(14)18-13/h4-8H,1-3H3,(H3,14,15,16,17,18). The fraction of sp³-hybridized carbons (Fsp3) is 0.308. The van der Waals surface area contributed by atoms with Crippen molar-refractivity contribution in [3.05, 3.63) is 35.7 Å². The molecule has 0 amide bonds. The Hall–Kier alpha value is -2.02. The Morgan fingerprint density at radius 1 is 1.25 bits per heavy atom. The number of benzene rings is 1. The first-order valence-electron chi connectivity index (χ1n) is 6.14. The molecule has 2 aromatic rings. The number of nitrogens with zero attached hydrogens (tertiary/aromatic N) is 3. The highest BCUT2D eigenvalue weighted by Crippen LogP contribution is 2.23. The molecule has 0 radical (unpaired) electrons. The van der Waals surface area contributed by atoms with E-state index in [1.54, 1.807) is 13.2 Å². The van der Waals surface area contributed by atoms with Gasteiger partial charge in [-0.2, -0.15) is 15.0 Å². The van der Waals surface area contributed by atoms with Crippen molar-refractivity contribution in [3.63, 3.8) is 0 Å². The molecule has 0 saturated heterocycles. The third-order valence-corrected chi connectivity index (χ3v) is 3.80. The maximum atomic E-state index is 11.8. The van der Waals surface area contributed by atoms with E-state index in [0.29, 0.717) is 11.8 Å². The van der Waals surface area contributed by atoms with E-state index >= 15 is 0 Å². The molecule has 0 spiro atoms. The Labute approximate surface area is 120 Å². The molecule has 0 saturated carbocycles. The molecule has 0 aliphatic heterocycles. The summed E-state index contributed by atoms with van der Waals surface area (Å²) in [6, 6.07) is 7.49. The van der Waals surface area contributed by atoms with Gasteiger partial charge in [0.25, 0.3) is 0 Å². The van der Waals surface area contributed by atoms with Crippen molar-refractivity contribution in [2.24, 2.45) is 0 Å². The van der Waals surface area contributed by atoms with E-state index in [9.17, 15) is 4.21 Å².